The maximum absolute atomic E-state index is 12.4. The molecule has 7 heteroatoms. The normalized spacial score (nSPS) is 10.6. The van der Waals surface area contributed by atoms with Crippen LogP contribution in [0.2, 0.25) is 0 Å². The van der Waals surface area contributed by atoms with Crippen LogP contribution >= 0.6 is 0 Å². The first-order valence-corrected chi connectivity index (χ1v) is 7.14. The molecule has 0 aliphatic rings. The zero-order chi connectivity index (χ0) is 17.1. The molecule has 1 N–H and O–H groups in total. The summed E-state index contributed by atoms with van der Waals surface area (Å²) in [6.45, 7) is 5.66. The highest BCUT2D eigenvalue weighted by molar-refractivity contribution is 5.93. The zero-order valence-corrected chi connectivity index (χ0v) is 13.1. The van der Waals surface area contributed by atoms with Crippen LogP contribution in [0.5, 0.6) is 11.5 Å². The van der Waals surface area contributed by atoms with E-state index in [-0.39, 0.29) is 16.7 Å². The fraction of sp³-hybridized carbons (Fsp3) is 0.312. The summed E-state index contributed by atoms with van der Waals surface area (Å²) in [5.41, 5.74) is -0.451. The number of carboxylic acids is 1. The molecule has 1 aromatic heterocycles. The van der Waals surface area contributed by atoms with Gasteiger partial charge in [-0.2, -0.15) is 0 Å². The molecule has 7 nitrogen and oxygen atoms in total. The monoisotopic (exact) mass is 319 g/mol. The Balaban J connectivity index is 2.85. The van der Waals surface area contributed by atoms with Crippen LogP contribution in [0.3, 0.4) is 0 Å². The molecule has 0 saturated carbocycles. The Morgan fingerprint density at radius 2 is 1.91 bits per heavy atom. The lowest BCUT2D eigenvalue weighted by atomic mass is 10.1. The van der Waals surface area contributed by atoms with Crippen LogP contribution in [-0.4, -0.2) is 28.2 Å². The molecular formula is C16H17NO6. The van der Waals surface area contributed by atoms with E-state index in [1.165, 1.54) is 19.2 Å². The van der Waals surface area contributed by atoms with Gasteiger partial charge in [-0.25, -0.2) is 4.79 Å². The molecule has 122 valence electrons. The molecule has 23 heavy (non-hydrogen) atoms. The van der Waals surface area contributed by atoms with E-state index in [0.717, 1.165) is 0 Å². The van der Waals surface area contributed by atoms with Gasteiger partial charge in [0.15, 0.2) is 11.5 Å². The van der Waals surface area contributed by atoms with Crippen molar-refractivity contribution in [1.82, 2.24) is 4.57 Å². The van der Waals surface area contributed by atoms with E-state index in [1.807, 2.05) is 6.92 Å². The van der Waals surface area contributed by atoms with Crippen molar-refractivity contribution in [3.05, 3.63) is 34.1 Å². The van der Waals surface area contributed by atoms with E-state index in [0.29, 0.717) is 24.4 Å². The maximum Gasteiger partial charge on any atom is 0.341 e. The molecule has 0 aliphatic heterocycles. The van der Waals surface area contributed by atoms with Crippen LogP contribution in [0.1, 0.15) is 31.1 Å². The van der Waals surface area contributed by atoms with Gasteiger partial charge in [0.2, 0.25) is 5.43 Å². The number of carbonyl (C=O) groups excluding carboxylic acids is 1. The van der Waals surface area contributed by atoms with E-state index in [4.69, 9.17) is 9.47 Å². The van der Waals surface area contributed by atoms with E-state index < -0.39 is 17.4 Å². The average Bonchev–Trinajstić information content (AvgIpc) is 2.48. The van der Waals surface area contributed by atoms with Crippen molar-refractivity contribution in [3.63, 3.8) is 0 Å². The van der Waals surface area contributed by atoms with Crippen LogP contribution in [0.4, 0.5) is 0 Å². The van der Waals surface area contributed by atoms with Gasteiger partial charge in [0.25, 0.3) is 0 Å². The van der Waals surface area contributed by atoms with Gasteiger partial charge >= 0.3 is 11.9 Å². The van der Waals surface area contributed by atoms with Crippen LogP contribution in [0.25, 0.3) is 10.9 Å². The molecule has 1 aromatic carbocycles. The maximum atomic E-state index is 12.4. The van der Waals surface area contributed by atoms with E-state index in [9.17, 15) is 19.5 Å². The lowest BCUT2D eigenvalue weighted by Crippen LogP contribution is -2.19. The summed E-state index contributed by atoms with van der Waals surface area (Å²) in [4.78, 5) is 34.8. The largest absolute Gasteiger partial charge is 0.490 e. The molecular weight excluding hydrogens is 302 g/mol. The van der Waals surface area contributed by atoms with Gasteiger partial charge in [-0.05, 0) is 19.9 Å². The first-order chi connectivity index (χ1) is 10.9. The standard InChI is InChI=1S/C16H17NO6/c1-4-17-8-11(16(20)21)15(19)10-6-14(23-9(3)18)13(22-5-2)7-12(10)17/h6-8H,4-5H2,1-3H3,(H,20,21). The second kappa shape index (κ2) is 6.51. The number of rotatable bonds is 5. The van der Waals surface area contributed by atoms with Gasteiger partial charge in [-0.3, -0.25) is 9.59 Å². The van der Waals surface area contributed by atoms with Gasteiger partial charge in [0.1, 0.15) is 5.56 Å². The number of ether oxygens (including phenoxy) is 2. The van der Waals surface area contributed by atoms with E-state index >= 15 is 0 Å². The topological polar surface area (TPSA) is 94.8 Å². The van der Waals surface area contributed by atoms with Crippen molar-refractivity contribution in [2.24, 2.45) is 0 Å². The van der Waals surface area contributed by atoms with Crippen LogP contribution < -0.4 is 14.9 Å². The van der Waals surface area contributed by atoms with E-state index in [2.05, 4.69) is 0 Å². The van der Waals surface area contributed by atoms with Crippen molar-refractivity contribution < 1.29 is 24.2 Å². The summed E-state index contributed by atoms with van der Waals surface area (Å²) < 4.78 is 12.2. The minimum atomic E-state index is -1.30. The third-order valence-electron chi connectivity index (χ3n) is 3.27. The van der Waals surface area contributed by atoms with E-state index in [1.54, 1.807) is 17.6 Å². The van der Waals surface area contributed by atoms with Gasteiger partial charge in [-0.1, -0.05) is 0 Å². The Hall–Kier alpha value is -2.83. The van der Waals surface area contributed by atoms with Crippen molar-refractivity contribution in [3.8, 4) is 11.5 Å². The molecule has 0 fully saturated rings. The Bertz CT molecular complexity index is 837. The van der Waals surface area contributed by atoms with Crippen LogP contribution in [-0.2, 0) is 11.3 Å². The van der Waals surface area contributed by atoms with Gasteiger partial charge in [-0.15, -0.1) is 0 Å². The number of aromatic carboxylic acids is 1. The second-order valence-corrected chi connectivity index (χ2v) is 4.81. The molecule has 0 spiro atoms. The number of aryl methyl sites for hydroxylation is 1. The Morgan fingerprint density at radius 3 is 2.43 bits per heavy atom. The Morgan fingerprint density at radius 1 is 1.22 bits per heavy atom. The van der Waals surface area contributed by atoms with Crippen molar-refractivity contribution >= 4 is 22.8 Å². The molecule has 0 amide bonds. The third kappa shape index (κ3) is 3.18. The number of nitrogens with zero attached hydrogens (tertiary/aromatic N) is 1. The number of esters is 1. The molecule has 0 radical (unpaired) electrons. The third-order valence-corrected chi connectivity index (χ3v) is 3.27. The smallest absolute Gasteiger partial charge is 0.341 e. The average molecular weight is 319 g/mol. The molecule has 2 aromatic rings. The first-order valence-electron chi connectivity index (χ1n) is 7.14. The second-order valence-electron chi connectivity index (χ2n) is 4.81. The SMILES string of the molecule is CCOc1cc2c(cc1OC(C)=O)c(=O)c(C(=O)O)cn2CC. The fourth-order valence-electron chi connectivity index (χ4n) is 2.31. The number of aromatic nitrogens is 1. The minimum absolute atomic E-state index is 0.0918. The Labute approximate surface area is 132 Å². The summed E-state index contributed by atoms with van der Waals surface area (Å²) >= 11 is 0. The molecule has 0 atom stereocenters. The highest BCUT2D eigenvalue weighted by Crippen LogP contribution is 2.32. The predicted octanol–water partition coefficient (Wildman–Crippen LogP) is 2.04. The number of fused-ring (bicyclic) bond motifs is 1. The van der Waals surface area contributed by atoms with Crippen molar-refractivity contribution in [1.29, 1.82) is 0 Å². The fourth-order valence-corrected chi connectivity index (χ4v) is 2.31. The Kier molecular flexibility index (Phi) is 4.68. The summed E-state index contributed by atoms with van der Waals surface area (Å²) in [5.74, 6) is -1.45. The van der Waals surface area contributed by atoms with Crippen LogP contribution in [0.15, 0.2) is 23.1 Å². The summed E-state index contributed by atoms with van der Waals surface area (Å²) in [7, 11) is 0. The summed E-state index contributed by atoms with van der Waals surface area (Å²) in [5, 5.41) is 9.33. The molecule has 2 rings (SSSR count). The molecule has 0 aliphatic carbocycles. The minimum Gasteiger partial charge on any atom is -0.490 e. The lowest BCUT2D eigenvalue weighted by Gasteiger charge is -2.14. The number of hydrogen-bond donors (Lipinski definition) is 1. The first kappa shape index (κ1) is 16.5. The molecule has 0 saturated heterocycles. The summed E-state index contributed by atoms with van der Waals surface area (Å²) in [6.07, 6.45) is 1.30. The molecule has 0 bridgehead atoms. The number of hydrogen-bond acceptors (Lipinski definition) is 5. The highest BCUT2D eigenvalue weighted by atomic mass is 16.6. The van der Waals surface area contributed by atoms with Gasteiger partial charge < -0.3 is 19.1 Å². The molecule has 0 unspecified atom stereocenters. The lowest BCUT2D eigenvalue weighted by molar-refractivity contribution is -0.132. The zero-order valence-electron chi connectivity index (χ0n) is 13.1. The number of pyridine rings is 1. The highest BCUT2D eigenvalue weighted by Gasteiger charge is 2.18. The van der Waals surface area contributed by atoms with Gasteiger partial charge in [0.05, 0.1) is 17.5 Å². The number of benzene rings is 1. The summed E-state index contributed by atoms with van der Waals surface area (Å²) in [6, 6.07) is 2.93. The van der Waals surface area contributed by atoms with Crippen molar-refractivity contribution in [2.45, 2.75) is 27.3 Å². The van der Waals surface area contributed by atoms with Crippen molar-refractivity contribution in [2.75, 3.05) is 6.61 Å². The molecule has 1 heterocycles. The quantitative estimate of drug-likeness (QED) is 0.669. The number of carbonyl (C=O) groups is 2. The predicted molar refractivity (Wildman–Crippen MR) is 83.3 cm³/mol. The van der Waals surface area contributed by atoms with Crippen LogP contribution in [0, 0.1) is 0 Å². The van der Waals surface area contributed by atoms with Gasteiger partial charge in [0, 0.05) is 25.7 Å². The number of carboxylic acid groups (broad SMARTS) is 1.